The molecule has 2 rings (SSSR count). The van der Waals surface area contributed by atoms with E-state index in [-0.39, 0.29) is 5.69 Å². The molecule has 1 heterocycles. The summed E-state index contributed by atoms with van der Waals surface area (Å²) in [6.07, 6.45) is 1.66. The lowest BCUT2D eigenvalue weighted by atomic mass is 10.3. The van der Waals surface area contributed by atoms with Gasteiger partial charge >= 0.3 is 0 Å². The molecule has 0 saturated carbocycles. The third kappa shape index (κ3) is 2.68. The Morgan fingerprint density at radius 1 is 1.29 bits per heavy atom. The number of aromatic nitrogens is 2. The van der Waals surface area contributed by atoms with Crippen LogP contribution < -0.4 is 5.32 Å². The Morgan fingerprint density at radius 3 is 2.82 bits per heavy atom. The van der Waals surface area contributed by atoms with Crippen molar-refractivity contribution < 1.29 is 8.78 Å². The molecule has 17 heavy (non-hydrogen) atoms. The third-order valence-corrected chi connectivity index (χ3v) is 2.36. The first-order valence-electron chi connectivity index (χ1n) is 5.41. The summed E-state index contributed by atoms with van der Waals surface area (Å²) < 4.78 is 27.6. The Hall–Kier alpha value is -1.75. The van der Waals surface area contributed by atoms with Crippen molar-refractivity contribution in [1.82, 2.24) is 15.1 Å². The highest BCUT2D eigenvalue weighted by molar-refractivity contribution is 5.33. The Balaban J connectivity index is 2.24. The zero-order valence-electron chi connectivity index (χ0n) is 9.45. The predicted octanol–water partition coefficient (Wildman–Crippen LogP) is 2.26. The molecule has 0 saturated heterocycles. The minimum Gasteiger partial charge on any atom is -0.311 e. The molecule has 1 aromatic heterocycles. The van der Waals surface area contributed by atoms with E-state index >= 15 is 0 Å². The fourth-order valence-electron chi connectivity index (χ4n) is 1.51. The lowest BCUT2D eigenvalue weighted by Crippen LogP contribution is -2.12. The lowest BCUT2D eigenvalue weighted by Gasteiger charge is -2.03. The van der Waals surface area contributed by atoms with E-state index in [1.807, 2.05) is 6.92 Å². The Labute approximate surface area is 98.1 Å². The quantitative estimate of drug-likeness (QED) is 0.884. The summed E-state index contributed by atoms with van der Waals surface area (Å²) in [6, 6.07) is 5.23. The van der Waals surface area contributed by atoms with Crippen LogP contribution in [0.1, 0.15) is 12.6 Å². The molecule has 0 radical (unpaired) electrons. The number of rotatable bonds is 4. The SMILES string of the molecule is CCNCc1ccn(-c2ccc(F)cc2F)n1. The molecule has 1 aromatic carbocycles. The molecule has 5 heteroatoms. The lowest BCUT2D eigenvalue weighted by molar-refractivity contribution is 0.572. The topological polar surface area (TPSA) is 29.9 Å². The molecule has 0 spiro atoms. The number of hydrogen-bond donors (Lipinski definition) is 1. The summed E-state index contributed by atoms with van der Waals surface area (Å²) in [5.41, 5.74) is 1.06. The summed E-state index contributed by atoms with van der Waals surface area (Å²) in [5, 5.41) is 7.32. The highest BCUT2D eigenvalue weighted by Gasteiger charge is 2.07. The molecule has 0 amide bonds. The molecule has 90 valence electrons. The Kier molecular flexibility index (Phi) is 3.49. The summed E-state index contributed by atoms with van der Waals surface area (Å²) in [6.45, 7) is 3.47. The van der Waals surface area contributed by atoms with E-state index in [0.29, 0.717) is 6.54 Å². The number of benzene rings is 1. The van der Waals surface area contributed by atoms with Crippen molar-refractivity contribution in [1.29, 1.82) is 0 Å². The van der Waals surface area contributed by atoms with E-state index in [2.05, 4.69) is 10.4 Å². The van der Waals surface area contributed by atoms with Crippen LogP contribution in [0.2, 0.25) is 0 Å². The molecule has 0 fully saturated rings. The van der Waals surface area contributed by atoms with Crippen LogP contribution in [0, 0.1) is 11.6 Å². The van der Waals surface area contributed by atoms with Crippen molar-refractivity contribution in [2.45, 2.75) is 13.5 Å². The zero-order valence-corrected chi connectivity index (χ0v) is 9.45. The maximum atomic E-state index is 13.5. The van der Waals surface area contributed by atoms with E-state index in [4.69, 9.17) is 0 Å². The van der Waals surface area contributed by atoms with Crippen molar-refractivity contribution >= 4 is 0 Å². The minimum atomic E-state index is -0.622. The van der Waals surface area contributed by atoms with Gasteiger partial charge in [0.15, 0.2) is 5.82 Å². The predicted molar refractivity (Wildman–Crippen MR) is 60.9 cm³/mol. The van der Waals surface area contributed by atoms with Crippen LogP contribution in [-0.2, 0) is 6.54 Å². The molecule has 0 bridgehead atoms. The van der Waals surface area contributed by atoms with Crippen LogP contribution >= 0.6 is 0 Å². The zero-order chi connectivity index (χ0) is 12.3. The Bertz CT molecular complexity index is 508. The van der Waals surface area contributed by atoms with E-state index in [0.717, 1.165) is 18.3 Å². The molecule has 2 aromatic rings. The second-order valence-corrected chi connectivity index (χ2v) is 3.63. The van der Waals surface area contributed by atoms with Gasteiger partial charge in [-0.15, -0.1) is 0 Å². The van der Waals surface area contributed by atoms with E-state index in [9.17, 15) is 8.78 Å². The normalized spacial score (nSPS) is 10.8. The van der Waals surface area contributed by atoms with Crippen LogP contribution in [-0.4, -0.2) is 16.3 Å². The molecule has 0 aliphatic heterocycles. The second-order valence-electron chi connectivity index (χ2n) is 3.63. The average Bonchev–Trinajstić information content (AvgIpc) is 2.75. The van der Waals surface area contributed by atoms with Gasteiger partial charge in [0.2, 0.25) is 0 Å². The van der Waals surface area contributed by atoms with Crippen molar-refractivity contribution in [2.75, 3.05) is 6.54 Å². The van der Waals surface area contributed by atoms with Crippen LogP contribution in [0.25, 0.3) is 5.69 Å². The van der Waals surface area contributed by atoms with Crippen molar-refractivity contribution in [3.63, 3.8) is 0 Å². The highest BCUT2D eigenvalue weighted by atomic mass is 19.1. The highest BCUT2D eigenvalue weighted by Crippen LogP contribution is 2.14. The first-order chi connectivity index (χ1) is 8.20. The van der Waals surface area contributed by atoms with Crippen LogP contribution in [0.15, 0.2) is 30.5 Å². The van der Waals surface area contributed by atoms with Gasteiger partial charge in [0.25, 0.3) is 0 Å². The second kappa shape index (κ2) is 5.05. The van der Waals surface area contributed by atoms with Gasteiger partial charge in [-0.1, -0.05) is 6.92 Å². The fraction of sp³-hybridized carbons (Fsp3) is 0.250. The number of nitrogens with zero attached hydrogens (tertiary/aromatic N) is 2. The molecule has 3 nitrogen and oxygen atoms in total. The maximum Gasteiger partial charge on any atom is 0.151 e. The standard InChI is InChI=1S/C12H13F2N3/c1-2-15-8-10-5-6-17(16-10)12-4-3-9(13)7-11(12)14/h3-7,15H,2,8H2,1H3. The number of halogens is 2. The van der Waals surface area contributed by atoms with Crippen LogP contribution in [0.4, 0.5) is 8.78 Å². The van der Waals surface area contributed by atoms with Gasteiger partial charge in [-0.3, -0.25) is 0 Å². The number of hydrogen-bond acceptors (Lipinski definition) is 2. The smallest absolute Gasteiger partial charge is 0.151 e. The molecule has 0 aliphatic rings. The van der Waals surface area contributed by atoms with Crippen LogP contribution in [0.5, 0.6) is 0 Å². The van der Waals surface area contributed by atoms with Crippen molar-refractivity contribution in [3.05, 3.63) is 47.8 Å². The summed E-state index contributed by atoms with van der Waals surface area (Å²) in [4.78, 5) is 0. The minimum absolute atomic E-state index is 0.245. The largest absolute Gasteiger partial charge is 0.311 e. The first-order valence-corrected chi connectivity index (χ1v) is 5.41. The molecule has 0 atom stereocenters. The van der Waals surface area contributed by atoms with E-state index in [1.165, 1.54) is 16.8 Å². The summed E-state index contributed by atoms with van der Waals surface area (Å²) in [7, 11) is 0. The molecular formula is C12H13F2N3. The maximum absolute atomic E-state index is 13.5. The first kappa shape index (κ1) is 11.7. The summed E-state index contributed by atoms with van der Waals surface area (Å²) >= 11 is 0. The molecular weight excluding hydrogens is 224 g/mol. The van der Waals surface area contributed by atoms with Gasteiger partial charge in [-0.25, -0.2) is 13.5 Å². The van der Waals surface area contributed by atoms with Crippen molar-refractivity contribution in [3.8, 4) is 5.69 Å². The van der Waals surface area contributed by atoms with Gasteiger partial charge in [0, 0.05) is 18.8 Å². The molecule has 0 unspecified atom stereocenters. The number of nitrogens with one attached hydrogen (secondary N) is 1. The third-order valence-electron chi connectivity index (χ3n) is 2.36. The van der Waals surface area contributed by atoms with Gasteiger partial charge < -0.3 is 5.32 Å². The fourth-order valence-corrected chi connectivity index (χ4v) is 1.51. The molecule has 0 aliphatic carbocycles. The van der Waals surface area contributed by atoms with E-state index < -0.39 is 11.6 Å². The van der Waals surface area contributed by atoms with Gasteiger partial charge in [0.05, 0.1) is 5.69 Å². The Morgan fingerprint density at radius 2 is 2.12 bits per heavy atom. The van der Waals surface area contributed by atoms with E-state index in [1.54, 1.807) is 12.3 Å². The van der Waals surface area contributed by atoms with Gasteiger partial charge in [-0.2, -0.15) is 5.10 Å². The average molecular weight is 237 g/mol. The van der Waals surface area contributed by atoms with Gasteiger partial charge in [0.1, 0.15) is 11.5 Å². The van der Waals surface area contributed by atoms with Crippen molar-refractivity contribution in [2.24, 2.45) is 0 Å². The monoisotopic (exact) mass is 237 g/mol. The van der Waals surface area contributed by atoms with Gasteiger partial charge in [-0.05, 0) is 24.7 Å². The van der Waals surface area contributed by atoms with Crippen LogP contribution in [0.3, 0.4) is 0 Å². The summed E-state index contributed by atoms with van der Waals surface area (Å²) in [5.74, 6) is -1.21. The molecule has 1 N–H and O–H groups in total.